The molecular formula is C14H20N6OS. The average molecular weight is 320 g/mol. The van der Waals surface area contributed by atoms with E-state index in [1.54, 1.807) is 0 Å². The Morgan fingerprint density at radius 3 is 2.55 bits per heavy atom. The van der Waals surface area contributed by atoms with Crippen molar-refractivity contribution in [3.05, 3.63) is 33.8 Å². The minimum absolute atomic E-state index is 0.0858. The van der Waals surface area contributed by atoms with Crippen LogP contribution in [0.1, 0.15) is 30.3 Å². The second kappa shape index (κ2) is 6.13. The van der Waals surface area contributed by atoms with Crippen molar-refractivity contribution in [3.8, 4) is 0 Å². The lowest BCUT2D eigenvalue weighted by molar-refractivity contribution is 0.191. The van der Waals surface area contributed by atoms with Crippen LogP contribution >= 0.6 is 11.5 Å². The van der Waals surface area contributed by atoms with Crippen LogP contribution in [0, 0.1) is 13.8 Å². The van der Waals surface area contributed by atoms with E-state index in [-0.39, 0.29) is 11.6 Å². The fourth-order valence-corrected chi connectivity index (χ4v) is 3.41. The first-order valence-corrected chi connectivity index (χ1v) is 8.17. The molecule has 0 bridgehead atoms. The highest BCUT2D eigenvalue weighted by atomic mass is 32.1. The van der Waals surface area contributed by atoms with Crippen molar-refractivity contribution in [2.24, 2.45) is 0 Å². The van der Waals surface area contributed by atoms with Gasteiger partial charge < -0.3 is 9.88 Å². The molecule has 1 atom stereocenters. The van der Waals surface area contributed by atoms with Crippen molar-refractivity contribution in [2.45, 2.75) is 26.8 Å². The summed E-state index contributed by atoms with van der Waals surface area (Å²) in [5.41, 5.74) is 0.672. The molecule has 1 saturated heterocycles. The number of aryl methyl sites for hydroxylation is 2. The zero-order valence-electron chi connectivity index (χ0n) is 13.0. The van der Waals surface area contributed by atoms with Crippen molar-refractivity contribution < 1.29 is 0 Å². The largest absolute Gasteiger partial charge is 0.344 e. The maximum absolute atomic E-state index is 11.6. The van der Waals surface area contributed by atoms with E-state index < -0.39 is 0 Å². The van der Waals surface area contributed by atoms with Crippen molar-refractivity contribution in [2.75, 3.05) is 31.1 Å². The second-order valence-corrected chi connectivity index (χ2v) is 6.33. The molecular weight excluding hydrogens is 300 g/mol. The van der Waals surface area contributed by atoms with Crippen molar-refractivity contribution in [1.82, 2.24) is 24.2 Å². The third-order valence-corrected chi connectivity index (χ3v) is 4.80. The van der Waals surface area contributed by atoms with Crippen molar-refractivity contribution in [3.63, 3.8) is 0 Å². The average Bonchev–Trinajstić information content (AvgIpc) is 2.92. The molecule has 0 spiro atoms. The van der Waals surface area contributed by atoms with Gasteiger partial charge in [0, 0.05) is 49.5 Å². The molecule has 1 aliphatic heterocycles. The molecule has 0 radical (unpaired) electrons. The molecule has 0 saturated carbocycles. The third-order valence-electron chi connectivity index (χ3n) is 3.93. The second-order valence-electron chi connectivity index (χ2n) is 5.60. The van der Waals surface area contributed by atoms with Gasteiger partial charge >= 0.3 is 0 Å². The Bertz CT molecular complexity index is 703. The Morgan fingerprint density at radius 2 is 1.95 bits per heavy atom. The molecule has 1 N–H and O–H groups in total. The molecule has 0 amide bonds. The maximum atomic E-state index is 11.6. The highest BCUT2D eigenvalue weighted by Gasteiger charge is 2.25. The Morgan fingerprint density at radius 1 is 1.23 bits per heavy atom. The zero-order chi connectivity index (χ0) is 15.7. The number of aromatic nitrogens is 4. The van der Waals surface area contributed by atoms with Crippen molar-refractivity contribution in [1.29, 1.82) is 0 Å². The summed E-state index contributed by atoms with van der Waals surface area (Å²) in [4.78, 5) is 27.9. The third kappa shape index (κ3) is 3.17. The molecule has 2 aromatic rings. The number of hydrogen-bond acceptors (Lipinski definition) is 7. The van der Waals surface area contributed by atoms with Crippen LogP contribution < -0.4 is 10.5 Å². The predicted octanol–water partition coefficient (Wildman–Crippen LogP) is 1.12. The number of nitrogens with zero attached hydrogens (tertiary/aromatic N) is 5. The van der Waals surface area contributed by atoms with Crippen LogP contribution in [0.5, 0.6) is 0 Å². The van der Waals surface area contributed by atoms with Crippen LogP contribution in [-0.4, -0.2) is 50.4 Å². The van der Waals surface area contributed by atoms with Crippen molar-refractivity contribution >= 4 is 16.7 Å². The van der Waals surface area contributed by atoms with Gasteiger partial charge in [0.1, 0.15) is 11.6 Å². The van der Waals surface area contributed by atoms with Crippen LogP contribution in [0.4, 0.5) is 5.13 Å². The van der Waals surface area contributed by atoms with Crippen LogP contribution in [-0.2, 0) is 0 Å². The number of hydrogen-bond donors (Lipinski definition) is 1. The number of anilines is 1. The summed E-state index contributed by atoms with van der Waals surface area (Å²) in [5, 5.41) is 0.992. The number of aromatic amines is 1. The Kier molecular flexibility index (Phi) is 4.21. The lowest BCUT2D eigenvalue weighted by Gasteiger charge is -2.37. The predicted molar refractivity (Wildman–Crippen MR) is 86.4 cm³/mol. The molecule has 1 aliphatic rings. The lowest BCUT2D eigenvalue weighted by Crippen LogP contribution is -2.47. The molecule has 1 unspecified atom stereocenters. The van der Waals surface area contributed by atoms with E-state index in [0.29, 0.717) is 0 Å². The highest BCUT2D eigenvalue weighted by Crippen LogP contribution is 2.22. The van der Waals surface area contributed by atoms with E-state index in [9.17, 15) is 4.79 Å². The Hall–Kier alpha value is -1.80. The molecule has 2 aromatic heterocycles. The SMILES string of the molecule is Cc1cc(=O)[nH]c(C(C)N2CCN(c3nc(C)ns3)CC2)n1. The van der Waals surface area contributed by atoms with Gasteiger partial charge in [-0.05, 0) is 20.8 Å². The molecule has 0 aliphatic carbocycles. The van der Waals surface area contributed by atoms with Gasteiger partial charge in [0.05, 0.1) is 6.04 Å². The van der Waals surface area contributed by atoms with E-state index in [4.69, 9.17) is 0 Å². The standard InChI is InChI=1S/C14H20N6OS/c1-9-8-12(21)17-13(15-9)10(2)19-4-6-20(7-5-19)14-16-11(3)18-22-14/h8,10H,4-7H2,1-3H3,(H,15,17,21). The maximum Gasteiger partial charge on any atom is 0.251 e. The summed E-state index contributed by atoms with van der Waals surface area (Å²) in [6, 6.07) is 1.62. The summed E-state index contributed by atoms with van der Waals surface area (Å²) in [6.07, 6.45) is 0. The summed E-state index contributed by atoms with van der Waals surface area (Å²) in [7, 11) is 0. The fraction of sp³-hybridized carbons (Fsp3) is 0.571. The Balaban J connectivity index is 1.66. The number of piperazine rings is 1. The first-order chi connectivity index (χ1) is 10.5. The molecule has 3 rings (SSSR count). The molecule has 3 heterocycles. The van der Waals surface area contributed by atoms with Crippen LogP contribution in [0.2, 0.25) is 0 Å². The monoisotopic (exact) mass is 320 g/mol. The zero-order valence-corrected chi connectivity index (χ0v) is 13.9. The van der Waals surface area contributed by atoms with Gasteiger partial charge in [-0.1, -0.05) is 0 Å². The van der Waals surface area contributed by atoms with Gasteiger partial charge in [-0.2, -0.15) is 4.37 Å². The van der Waals surface area contributed by atoms with E-state index in [1.165, 1.54) is 17.6 Å². The molecule has 7 nitrogen and oxygen atoms in total. The van der Waals surface area contributed by atoms with Gasteiger partial charge in [0.15, 0.2) is 0 Å². The van der Waals surface area contributed by atoms with Gasteiger partial charge in [-0.25, -0.2) is 9.97 Å². The van der Waals surface area contributed by atoms with Crippen LogP contribution in [0.15, 0.2) is 10.9 Å². The quantitative estimate of drug-likeness (QED) is 0.913. The molecule has 8 heteroatoms. The summed E-state index contributed by atoms with van der Waals surface area (Å²) >= 11 is 1.45. The summed E-state index contributed by atoms with van der Waals surface area (Å²) in [6.45, 7) is 9.50. The normalized spacial score (nSPS) is 17.7. The van der Waals surface area contributed by atoms with Crippen LogP contribution in [0.3, 0.4) is 0 Å². The summed E-state index contributed by atoms with van der Waals surface area (Å²) < 4.78 is 4.24. The van der Waals surface area contributed by atoms with E-state index in [1.807, 2.05) is 13.8 Å². The van der Waals surface area contributed by atoms with Crippen LogP contribution in [0.25, 0.3) is 0 Å². The first-order valence-electron chi connectivity index (χ1n) is 7.40. The van der Waals surface area contributed by atoms with Gasteiger partial charge in [0.2, 0.25) is 5.13 Å². The molecule has 0 aromatic carbocycles. The minimum Gasteiger partial charge on any atom is -0.344 e. The van der Waals surface area contributed by atoms with Gasteiger partial charge in [0.25, 0.3) is 5.56 Å². The van der Waals surface area contributed by atoms with Gasteiger partial charge in [-0.15, -0.1) is 0 Å². The molecule has 22 heavy (non-hydrogen) atoms. The lowest BCUT2D eigenvalue weighted by atomic mass is 10.2. The number of rotatable bonds is 3. The highest BCUT2D eigenvalue weighted by molar-refractivity contribution is 7.09. The fourth-order valence-electron chi connectivity index (χ4n) is 2.69. The first kappa shape index (κ1) is 15.1. The smallest absolute Gasteiger partial charge is 0.251 e. The van der Waals surface area contributed by atoms with E-state index in [2.05, 4.69) is 36.0 Å². The summed E-state index contributed by atoms with van der Waals surface area (Å²) in [5.74, 6) is 1.57. The topological polar surface area (TPSA) is 78.0 Å². The number of nitrogens with one attached hydrogen (secondary N) is 1. The minimum atomic E-state index is -0.0858. The van der Waals surface area contributed by atoms with Gasteiger partial charge in [-0.3, -0.25) is 9.69 Å². The van der Waals surface area contributed by atoms with E-state index in [0.717, 1.165) is 48.7 Å². The van der Waals surface area contributed by atoms with E-state index >= 15 is 0 Å². The number of H-pyrrole nitrogens is 1. The molecule has 1 fully saturated rings. The molecule has 118 valence electrons. The Labute approximate surface area is 133 Å².